The number of aliphatic hydroxyl groups excluding tert-OH is 1. The van der Waals surface area contributed by atoms with Crippen molar-refractivity contribution in [2.24, 2.45) is 0 Å². The van der Waals surface area contributed by atoms with E-state index >= 15 is 0 Å². The van der Waals surface area contributed by atoms with Crippen molar-refractivity contribution in [1.29, 1.82) is 0 Å². The number of nitrogens with zero attached hydrogens (tertiary/aromatic N) is 1. The lowest BCUT2D eigenvalue weighted by Crippen LogP contribution is -2.34. The van der Waals surface area contributed by atoms with Crippen LogP contribution in [0.25, 0.3) is 10.2 Å². The summed E-state index contributed by atoms with van der Waals surface area (Å²) in [5.41, 5.74) is 0.179. The summed E-state index contributed by atoms with van der Waals surface area (Å²) >= 11 is 1.51. The molecule has 1 aliphatic carbocycles. The first kappa shape index (κ1) is 11.7. The summed E-state index contributed by atoms with van der Waals surface area (Å²) in [7, 11) is 0. The maximum atomic E-state index is 12.2. The fraction of sp³-hybridized carbons (Fsp3) is 0.500. The minimum Gasteiger partial charge on any atom is -0.376 e. The van der Waals surface area contributed by atoms with Crippen LogP contribution in [0.15, 0.2) is 9.59 Å². The molecule has 0 fully saturated rings. The number of aromatic amines is 1. The number of thiophene rings is 1. The Morgan fingerprint density at radius 2 is 2.00 bits per heavy atom. The summed E-state index contributed by atoms with van der Waals surface area (Å²) < 4.78 is 0.847. The summed E-state index contributed by atoms with van der Waals surface area (Å²) in [6, 6.07) is 0. The highest BCUT2D eigenvalue weighted by Gasteiger charge is 2.19. The Kier molecular flexibility index (Phi) is 2.83. The minimum absolute atomic E-state index is 0.365. The van der Waals surface area contributed by atoms with Crippen molar-refractivity contribution in [3.63, 3.8) is 0 Å². The topological polar surface area (TPSA) is 75.1 Å². The molecule has 0 radical (unpaired) electrons. The number of aryl methyl sites for hydroxylation is 2. The van der Waals surface area contributed by atoms with Crippen molar-refractivity contribution in [3.8, 4) is 0 Å². The van der Waals surface area contributed by atoms with Gasteiger partial charge in [-0.25, -0.2) is 9.36 Å². The highest BCUT2D eigenvalue weighted by atomic mass is 32.1. The molecular weight excluding hydrogens is 252 g/mol. The number of H-pyrrole nitrogens is 1. The van der Waals surface area contributed by atoms with Crippen molar-refractivity contribution in [2.75, 3.05) is 0 Å². The van der Waals surface area contributed by atoms with Gasteiger partial charge in [-0.1, -0.05) is 6.42 Å². The lowest BCUT2D eigenvalue weighted by molar-refractivity contribution is 0.201. The molecule has 0 spiro atoms. The van der Waals surface area contributed by atoms with E-state index in [2.05, 4.69) is 4.98 Å². The highest BCUT2D eigenvalue weighted by Crippen LogP contribution is 2.32. The van der Waals surface area contributed by atoms with E-state index < -0.39 is 12.4 Å². The Morgan fingerprint density at radius 1 is 1.22 bits per heavy atom. The van der Waals surface area contributed by atoms with Crippen LogP contribution in [0.4, 0.5) is 0 Å². The van der Waals surface area contributed by atoms with E-state index in [0.717, 1.165) is 35.8 Å². The van der Waals surface area contributed by atoms with Crippen LogP contribution >= 0.6 is 11.3 Å². The minimum atomic E-state index is -0.575. The third kappa shape index (κ3) is 1.64. The molecule has 2 N–H and O–H groups in total. The number of fused-ring (bicyclic) bond motifs is 3. The molecule has 0 saturated carbocycles. The van der Waals surface area contributed by atoms with Crippen LogP contribution in [-0.2, 0) is 19.6 Å². The van der Waals surface area contributed by atoms with Crippen molar-refractivity contribution in [3.05, 3.63) is 31.3 Å². The van der Waals surface area contributed by atoms with Gasteiger partial charge in [-0.3, -0.25) is 9.78 Å². The van der Waals surface area contributed by atoms with Crippen LogP contribution < -0.4 is 11.2 Å². The first-order valence-electron chi connectivity index (χ1n) is 6.10. The molecule has 5 nitrogen and oxygen atoms in total. The highest BCUT2D eigenvalue weighted by molar-refractivity contribution is 7.18. The van der Waals surface area contributed by atoms with Gasteiger partial charge in [-0.2, -0.15) is 0 Å². The number of rotatable bonds is 1. The standard InChI is InChI=1S/C12H14N2O3S/c15-6-14-11(16)9-7-4-2-1-3-5-8(7)18-10(9)13-12(14)17/h15H,1-6H2,(H,13,17). The Bertz CT molecular complexity index is 710. The molecule has 0 saturated heterocycles. The number of aliphatic hydroxyl groups is 1. The first-order valence-corrected chi connectivity index (χ1v) is 6.92. The molecule has 96 valence electrons. The Hall–Kier alpha value is -1.40. The molecule has 0 bridgehead atoms. The van der Waals surface area contributed by atoms with Gasteiger partial charge in [0.15, 0.2) is 0 Å². The van der Waals surface area contributed by atoms with E-state index in [-0.39, 0.29) is 5.56 Å². The van der Waals surface area contributed by atoms with E-state index in [1.807, 2.05) is 0 Å². The van der Waals surface area contributed by atoms with Crippen LogP contribution in [0.2, 0.25) is 0 Å². The summed E-state index contributed by atoms with van der Waals surface area (Å²) in [6.45, 7) is -0.575. The van der Waals surface area contributed by atoms with Crippen LogP contribution in [0, 0.1) is 0 Å². The zero-order chi connectivity index (χ0) is 12.7. The molecule has 2 aromatic heterocycles. The van der Waals surface area contributed by atoms with Crippen LogP contribution in [0.3, 0.4) is 0 Å². The van der Waals surface area contributed by atoms with Gasteiger partial charge in [0.2, 0.25) is 0 Å². The molecule has 0 unspecified atom stereocenters. The van der Waals surface area contributed by atoms with E-state index in [1.54, 1.807) is 0 Å². The Balaban J connectivity index is 2.38. The monoisotopic (exact) mass is 266 g/mol. The largest absolute Gasteiger partial charge is 0.376 e. The molecule has 0 aromatic carbocycles. The van der Waals surface area contributed by atoms with Gasteiger partial charge >= 0.3 is 5.69 Å². The SMILES string of the molecule is O=c1[nH]c2sc3c(c2c(=O)n1CO)CCCCC3. The zero-order valence-corrected chi connectivity index (χ0v) is 10.7. The second-order valence-corrected chi connectivity index (χ2v) is 5.68. The molecular formula is C12H14N2O3S. The first-order chi connectivity index (χ1) is 8.72. The Labute approximate surface area is 107 Å². The predicted molar refractivity (Wildman–Crippen MR) is 70.2 cm³/mol. The van der Waals surface area contributed by atoms with E-state index in [1.165, 1.54) is 22.6 Å². The lowest BCUT2D eigenvalue weighted by Gasteiger charge is -2.01. The van der Waals surface area contributed by atoms with Gasteiger partial charge in [0, 0.05) is 4.88 Å². The smallest absolute Gasteiger partial charge is 0.331 e. The molecule has 2 aromatic rings. The fourth-order valence-electron chi connectivity index (χ4n) is 2.58. The maximum Gasteiger partial charge on any atom is 0.331 e. The molecule has 18 heavy (non-hydrogen) atoms. The summed E-state index contributed by atoms with van der Waals surface area (Å²) in [5.74, 6) is 0. The second-order valence-electron chi connectivity index (χ2n) is 4.57. The lowest BCUT2D eigenvalue weighted by atomic mass is 10.1. The maximum absolute atomic E-state index is 12.2. The van der Waals surface area contributed by atoms with Gasteiger partial charge in [0.05, 0.1) is 5.39 Å². The molecule has 2 heterocycles. The summed E-state index contributed by atoms with van der Waals surface area (Å²) in [5, 5.41) is 9.70. The fourth-order valence-corrected chi connectivity index (χ4v) is 3.85. The number of nitrogens with one attached hydrogen (secondary N) is 1. The van der Waals surface area contributed by atoms with E-state index in [4.69, 9.17) is 5.11 Å². The average Bonchev–Trinajstić information content (AvgIpc) is 2.53. The van der Waals surface area contributed by atoms with E-state index in [9.17, 15) is 9.59 Å². The molecule has 0 amide bonds. The third-order valence-electron chi connectivity index (χ3n) is 3.49. The Morgan fingerprint density at radius 3 is 2.78 bits per heavy atom. The van der Waals surface area contributed by atoms with Gasteiger partial charge in [0.1, 0.15) is 11.6 Å². The summed E-state index contributed by atoms with van der Waals surface area (Å²) in [6.07, 6.45) is 5.27. The number of hydrogen-bond acceptors (Lipinski definition) is 4. The summed E-state index contributed by atoms with van der Waals surface area (Å²) in [4.78, 5) is 28.4. The molecule has 1 aliphatic rings. The van der Waals surface area contributed by atoms with Crippen LogP contribution in [0.1, 0.15) is 29.7 Å². The van der Waals surface area contributed by atoms with Crippen molar-refractivity contribution in [2.45, 2.75) is 38.8 Å². The van der Waals surface area contributed by atoms with Gasteiger partial charge in [-0.15, -0.1) is 11.3 Å². The average molecular weight is 266 g/mol. The molecule has 3 rings (SSSR count). The van der Waals surface area contributed by atoms with Gasteiger partial charge in [-0.05, 0) is 31.2 Å². The van der Waals surface area contributed by atoms with Crippen LogP contribution in [-0.4, -0.2) is 14.7 Å². The molecule has 0 aliphatic heterocycles. The predicted octanol–water partition coefficient (Wildman–Crippen LogP) is 0.970. The van der Waals surface area contributed by atoms with Crippen molar-refractivity contribution < 1.29 is 5.11 Å². The normalized spacial score (nSPS) is 15.6. The number of hydrogen-bond donors (Lipinski definition) is 2. The second kappa shape index (κ2) is 4.37. The third-order valence-corrected chi connectivity index (χ3v) is 4.69. The van der Waals surface area contributed by atoms with Crippen LogP contribution in [0.5, 0.6) is 0 Å². The molecule has 0 atom stereocenters. The molecule has 6 heteroatoms. The number of aromatic nitrogens is 2. The van der Waals surface area contributed by atoms with E-state index in [0.29, 0.717) is 10.2 Å². The zero-order valence-electron chi connectivity index (χ0n) is 9.86. The van der Waals surface area contributed by atoms with Gasteiger partial charge in [0.25, 0.3) is 5.56 Å². The van der Waals surface area contributed by atoms with Crippen molar-refractivity contribution in [1.82, 2.24) is 9.55 Å². The van der Waals surface area contributed by atoms with Gasteiger partial charge < -0.3 is 5.11 Å². The quantitative estimate of drug-likeness (QED) is 0.755. The van der Waals surface area contributed by atoms with Crippen molar-refractivity contribution >= 4 is 21.6 Å².